The Labute approximate surface area is 120 Å². The SMILES string of the molecule is Cc1nn(C(C)C)cc1Nc1cc(N)c(C(F)(F)F)cn1. The Bertz CT molecular complexity index is 646. The number of pyridine rings is 1. The maximum atomic E-state index is 12.6. The molecule has 114 valence electrons. The van der Waals surface area contributed by atoms with Crippen molar-refractivity contribution >= 4 is 17.2 Å². The molecule has 21 heavy (non-hydrogen) atoms. The molecule has 2 aromatic rings. The van der Waals surface area contributed by atoms with Gasteiger partial charge < -0.3 is 11.1 Å². The second kappa shape index (κ2) is 5.27. The van der Waals surface area contributed by atoms with Gasteiger partial charge in [0.15, 0.2) is 0 Å². The maximum absolute atomic E-state index is 12.6. The predicted molar refractivity (Wildman–Crippen MR) is 74.3 cm³/mol. The number of anilines is 3. The molecular weight excluding hydrogens is 283 g/mol. The first kappa shape index (κ1) is 15.1. The molecule has 0 radical (unpaired) electrons. The van der Waals surface area contributed by atoms with E-state index in [0.717, 1.165) is 18.0 Å². The molecule has 0 saturated heterocycles. The van der Waals surface area contributed by atoms with Gasteiger partial charge in [-0.25, -0.2) is 4.98 Å². The molecule has 0 aliphatic heterocycles. The van der Waals surface area contributed by atoms with E-state index in [1.54, 1.807) is 17.8 Å². The molecule has 0 saturated carbocycles. The summed E-state index contributed by atoms with van der Waals surface area (Å²) in [5.41, 5.74) is 5.53. The lowest BCUT2D eigenvalue weighted by molar-refractivity contribution is -0.137. The lowest BCUT2D eigenvalue weighted by Crippen LogP contribution is -2.10. The van der Waals surface area contributed by atoms with Crippen molar-refractivity contribution in [3.05, 3.63) is 29.7 Å². The van der Waals surface area contributed by atoms with Crippen LogP contribution in [0.5, 0.6) is 0 Å². The van der Waals surface area contributed by atoms with Gasteiger partial charge in [0.2, 0.25) is 0 Å². The fourth-order valence-electron chi connectivity index (χ4n) is 1.78. The van der Waals surface area contributed by atoms with E-state index >= 15 is 0 Å². The molecule has 0 fully saturated rings. The molecule has 0 aliphatic rings. The fourth-order valence-corrected chi connectivity index (χ4v) is 1.78. The molecule has 2 rings (SSSR count). The van der Waals surface area contributed by atoms with Crippen LogP contribution in [0.4, 0.5) is 30.4 Å². The largest absolute Gasteiger partial charge is 0.419 e. The van der Waals surface area contributed by atoms with Gasteiger partial charge in [0, 0.05) is 30.2 Å². The molecular formula is C13H16F3N5. The van der Waals surface area contributed by atoms with Crippen LogP contribution >= 0.6 is 0 Å². The van der Waals surface area contributed by atoms with Crippen LogP contribution in [0.1, 0.15) is 31.1 Å². The van der Waals surface area contributed by atoms with Crippen LogP contribution in [0.3, 0.4) is 0 Å². The standard InChI is InChI=1S/C13H16F3N5/c1-7(2)21-6-11(8(3)20-21)19-12-4-10(17)9(5-18-12)13(14,15)16/h4-7H,1-3H3,(H3,17,18,19). The van der Waals surface area contributed by atoms with Crippen molar-refractivity contribution in [1.29, 1.82) is 0 Å². The van der Waals surface area contributed by atoms with E-state index in [9.17, 15) is 13.2 Å². The molecule has 3 N–H and O–H groups in total. The summed E-state index contributed by atoms with van der Waals surface area (Å²) >= 11 is 0. The molecule has 0 aromatic carbocycles. The van der Waals surface area contributed by atoms with Gasteiger partial charge in [-0.15, -0.1) is 0 Å². The highest BCUT2D eigenvalue weighted by molar-refractivity contribution is 5.63. The topological polar surface area (TPSA) is 68.8 Å². The van der Waals surface area contributed by atoms with E-state index in [1.807, 2.05) is 13.8 Å². The van der Waals surface area contributed by atoms with E-state index in [0.29, 0.717) is 5.69 Å². The quantitative estimate of drug-likeness (QED) is 0.910. The fraction of sp³-hybridized carbons (Fsp3) is 0.385. The van der Waals surface area contributed by atoms with Crippen LogP contribution in [-0.4, -0.2) is 14.8 Å². The van der Waals surface area contributed by atoms with Crippen molar-refractivity contribution in [3.8, 4) is 0 Å². The molecule has 0 atom stereocenters. The lowest BCUT2D eigenvalue weighted by atomic mass is 10.2. The van der Waals surface area contributed by atoms with Gasteiger partial charge in [-0.3, -0.25) is 4.68 Å². The molecule has 0 bridgehead atoms. The summed E-state index contributed by atoms with van der Waals surface area (Å²) in [5, 5.41) is 7.23. The van der Waals surface area contributed by atoms with Crippen molar-refractivity contribution in [1.82, 2.24) is 14.8 Å². The molecule has 8 heteroatoms. The summed E-state index contributed by atoms with van der Waals surface area (Å²) < 4.78 is 39.6. The number of nitrogens with two attached hydrogens (primary N) is 1. The van der Waals surface area contributed by atoms with Crippen LogP contribution < -0.4 is 11.1 Å². The highest BCUT2D eigenvalue weighted by Crippen LogP contribution is 2.34. The van der Waals surface area contributed by atoms with Crippen LogP contribution in [0, 0.1) is 6.92 Å². The number of aromatic nitrogens is 3. The van der Waals surface area contributed by atoms with E-state index in [2.05, 4.69) is 15.4 Å². The average Bonchev–Trinajstić information content (AvgIpc) is 2.69. The molecule has 5 nitrogen and oxygen atoms in total. The van der Waals surface area contributed by atoms with E-state index in [1.165, 1.54) is 0 Å². The summed E-state index contributed by atoms with van der Waals surface area (Å²) in [7, 11) is 0. The number of nitrogens with zero attached hydrogens (tertiary/aromatic N) is 3. The first-order valence-electron chi connectivity index (χ1n) is 6.34. The van der Waals surface area contributed by atoms with Crippen LogP contribution in [0.15, 0.2) is 18.5 Å². The molecule has 2 aromatic heterocycles. The van der Waals surface area contributed by atoms with Crippen LogP contribution in [0.2, 0.25) is 0 Å². The zero-order valence-electron chi connectivity index (χ0n) is 11.9. The summed E-state index contributed by atoms with van der Waals surface area (Å²) in [6.45, 7) is 5.75. The van der Waals surface area contributed by atoms with Gasteiger partial charge in [-0.2, -0.15) is 18.3 Å². The molecule has 0 spiro atoms. The second-order valence-corrected chi connectivity index (χ2v) is 4.98. The molecule has 0 aliphatic carbocycles. The van der Waals surface area contributed by atoms with Crippen molar-refractivity contribution in [2.45, 2.75) is 33.0 Å². The highest BCUT2D eigenvalue weighted by Gasteiger charge is 2.33. The van der Waals surface area contributed by atoms with Gasteiger partial charge in [-0.05, 0) is 20.8 Å². The maximum Gasteiger partial charge on any atom is 0.419 e. The molecule has 0 unspecified atom stereocenters. The first-order valence-corrected chi connectivity index (χ1v) is 6.34. The van der Waals surface area contributed by atoms with Crippen molar-refractivity contribution in [2.75, 3.05) is 11.1 Å². The Kier molecular flexibility index (Phi) is 3.80. The monoisotopic (exact) mass is 299 g/mol. The number of nitrogen functional groups attached to an aromatic ring is 1. The van der Waals surface area contributed by atoms with Crippen LogP contribution in [-0.2, 0) is 6.18 Å². The summed E-state index contributed by atoms with van der Waals surface area (Å²) in [6.07, 6.45) is -2.01. The zero-order chi connectivity index (χ0) is 15.8. The third-order valence-corrected chi connectivity index (χ3v) is 2.95. The van der Waals surface area contributed by atoms with E-state index < -0.39 is 11.7 Å². The first-order chi connectivity index (χ1) is 9.68. The minimum atomic E-state index is -4.51. The number of rotatable bonds is 3. The van der Waals surface area contributed by atoms with Gasteiger partial charge in [0.25, 0.3) is 0 Å². The smallest absolute Gasteiger partial charge is 0.398 e. The molecule has 2 heterocycles. The van der Waals surface area contributed by atoms with Crippen molar-refractivity contribution in [2.24, 2.45) is 0 Å². The van der Waals surface area contributed by atoms with E-state index in [4.69, 9.17) is 5.73 Å². The Morgan fingerprint density at radius 3 is 2.48 bits per heavy atom. The van der Waals surface area contributed by atoms with Gasteiger partial charge in [0.1, 0.15) is 5.82 Å². The second-order valence-electron chi connectivity index (χ2n) is 4.98. The van der Waals surface area contributed by atoms with Gasteiger partial charge in [0.05, 0.1) is 16.9 Å². The minimum Gasteiger partial charge on any atom is -0.398 e. The Balaban J connectivity index is 2.27. The predicted octanol–water partition coefficient (Wildman–Crippen LogP) is 3.51. The summed E-state index contributed by atoms with van der Waals surface area (Å²) in [5.74, 6) is 0.243. The van der Waals surface area contributed by atoms with Crippen molar-refractivity contribution < 1.29 is 13.2 Å². The number of halogens is 3. The number of alkyl halides is 3. The number of hydrogen-bond donors (Lipinski definition) is 2. The van der Waals surface area contributed by atoms with Gasteiger partial charge >= 0.3 is 6.18 Å². The molecule has 0 amide bonds. The normalized spacial score (nSPS) is 12.0. The zero-order valence-corrected chi connectivity index (χ0v) is 11.9. The van der Waals surface area contributed by atoms with Gasteiger partial charge in [-0.1, -0.05) is 0 Å². The number of nitrogens with one attached hydrogen (secondary N) is 1. The van der Waals surface area contributed by atoms with E-state index in [-0.39, 0.29) is 17.5 Å². The summed E-state index contributed by atoms with van der Waals surface area (Å²) in [6, 6.07) is 1.35. The number of hydrogen-bond acceptors (Lipinski definition) is 4. The van der Waals surface area contributed by atoms with Crippen LogP contribution in [0.25, 0.3) is 0 Å². The third kappa shape index (κ3) is 3.26. The van der Waals surface area contributed by atoms with Crippen molar-refractivity contribution in [3.63, 3.8) is 0 Å². The lowest BCUT2D eigenvalue weighted by Gasteiger charge is -2.11. The Morgan fingerprint density at radius 1 is 1.33 bits per heavy atom. The average molecular weight is 299 g/mol. The third-order valence-electron chi connectivity index (χ3n) is 2.95. The highest BCUT2D eigenvalue weighted by atomic mass is 19.4. The Morgan fingerprint density at radius 2 is 2.00 bits per heavy atom. The number of aryl methyl sites for hydroxylation is 1. The summed E-state index contributed by atoms with van der Waals surface area (Å²) in [4.78, 5) is 3.75. The minimum absolute atomic E-state index is 0.185. The Hall–Kier alpha value is -2.25.